The van der Waals surface area contributed by atoms with Gasteiger partial charge in [0.05, 0.1) is 0 Å². The molecule has 10 rings (SSSR count). The van der Waals surface area contributed by atoms with E-state index in [1.807, 2.05) is 0 Å². The largest absolute Gasteiger partial charge is 0.289 e. The van der Waals surface area contributed by atoms with Gasteiger partial charge in [-0.05, 0) is 101 Å². The molecule has 0 heterocycles. The first-order chi connectivity index (χ1) is 23.8. The van der Waals surface area contributed by atoms with Crippen LogP contribution >= 0.6 is 0 Å². The van der Waals surface area contributed by atoms with Crippen LogP contribution in [0.5, 0.6) is 0 Å². The average molecular weight is 647 g/mol. The summed E-state index contributed by atoms with van der Waals surface area (Å²) in [4.78, 5) is 14.5. The van der Waals surface area contributed by atoms with Gasteiger partial charge in [-0.3, -0.25) is 4.79 Å². The molecule has 4 aliphatic rings. The van der Waals surface area contributed by atoms with Gasteiger partial charge >= 0.3 is 0 Å². The van der Waals surface area contributed by atoms with Gasteiger partial charge in [-0.2, -0.15) is 0 Å². The maximum Gasteiger partial charge on any atom is 0.193 e. The van der Waals surface area contributed by atoms with Gasteiger partial charge in [-0.15, -0.1) is 0 Å². The van der Waals surface area contributed by atoms with Gasteiger partial charge in [-0.1, -0.05) is 152 Å². The molecule has 0 aromatic heterocycles. The summed E-state index contributed by atoms with van der Waals surface area (Å²) in [6.45, 7) is 18.9. The normalized spacial score (nSPS) is 17.9. The van der Waals surface area contributed by atoms with Gasteiger partial charge in [0.15, 0.2) is 5.78 Å². The van der Waals surface area contributed by atoms with Gasteiger partial charge in [0.25, 0.3) is 0 Å². The minimum absolute atomic E-state index is 0.0880. The third-order valence-electron chi connectivity index (χ3n) is 13.2. The zero-order valence-electron chi connectivity index (χ0n) is 30.3. The van der Waals surface area contributed by atoms with Crippen LogP contribution in [0.3, 0.4) is 0 Å². The molecule has 0 bridgehead atoms. The first-order valence-electron chi connectivity index (χ1n) is 18.2. The molecular weight excluding hydrogens is 605 g/mol. The summed E-state index contributed by atoms with van der Waals surface area (Å²) in [5.41, 5.74) is 22.3. The topological polar surface area (TPSA) is 17.1 Å². The zero-order valence-corrected chi connectivity index (χ0v) is 30.3. The van der Waals surface area contributed by atoms with E-state index in [2.05, 4.69) is 165 Å². The Morgan fingerprint density at radius 3 is 0.980 bits per heavy atom. The Kier molecular flexibility index (Phi) is 5.50. The minimum atomic E-state index is -0.238. The van der Waals surface area contributed by atoms with Crippen molar-refractivity contribution in [2.75, 3.05) is 0 Å². The number of ketones is 1. The lowest BCUT2D eigenvalue weighted by atomic mass is 9.72. The zero-order chi connectivity index (χ0) is 34.7. The highest BCUT2D eigenvalue weighted by molar-refractivity contribution is 6.10. The monoisotopic (exact) mass is 646 g/mol. The molecule has 0 saturated carbocycles. The Morgan fingerprint density at radius 2 is 0.620 bits per heavy atom. The average Bonchev–Trinajstić information content (AvgIpc) is 3.68. The van der Waals surface area contributed by atoms with E-state index < -0.39 is 0 Å². The van der Waals surface area contributed by atoms with Crippen molar-refractivity contribution in [3.05, 3.63) is 165 Å². The molecule has 0 spiro atoms. The predicted octanol–water partition coefficient (Wildman–Crippen LogP) is 12.1. The van der Waals surface area contributed by atoms with Crippen molar-refractivity contribution in [2.24, 2.45) is 0 Å². The van der Waals surface area contributed by atoms with Crippen molar-refractivity contribution in [3.63, 3.8) is 0 Å². The van der Waals surface area contributed by atoms with E-state index in [1.165, 1.54) is 89.0 Å². The van der Waals surface area contributed by atoms with Crippen molar-refractivity contribution in [1.29, 1.82) is 0 Å². The van der Waals surface area contributed by atoms with Crippen LogP contribution in [0.1, 0.15) is 116 Å². The van der Waals surface area contributed by atoms with Gasteiger partial charge in [0, 0.05) is 32.8 Å². The molecular formula is C49H42O. The summed E-state index contributed by atoms with van der Waals surface area (Å²) in [5, 5.41) is 0. The summed E-state index contributed by atoms with van der Waals surface area (Å²) < 4.78 is 0. The van der Waals surface area contributed by atoms with Crippen molar-refractivity contribution in [2.45, 2.75) is 77.0 Å². The fraction of sp³-hybridized carbons (Fsp3) is 0.245. The first-order valence-corrected chi connectivity index (χ1v) is 18.2. The standard InChI is InChI=1S/C49H42O/c1-46(2)37-15-11-9-13-29(37)33-21-23-35-31-19-17-27(25-39(31)48(5,6)43(35)41(33)46)45(50)28-18-20-32-36-24-22-34-30-14-10-12-16-38(30)47(3,4)42(34)44(36)49(7,8)40(32)26-28/h9-26H,1-8H3. The summed E-state index contributed by atoms with van der Waals surface area (Å²) >= 11 is 0. The second-order valence-corrected chi connectivity index (χ2v) is 17.3. The Balaban J connectivity index is 1.05. The summed E-state index contributed by atoms with van der Waals surface area (Å²) in [6.07, 6.45) is 0. The lowest BCUT2D eigenvalue weighted by Crippen LogP contribution is -2.24. The summed E-state index contributed by atoms with van der Waals surface area (Å²) in [6, 6.07) is 39.9. The van der Waals surface area contributed by atoms with E-state index in [4.69, 9.17) is 0 Å². The molecule has 6 aromatic rings. The highest BCUT2D eigenvalue weighted by Crippen LogP contribution is 2.60. The molecule has 1 nitrogen and oxygen atoms in total. The van der Waals surface area contributed by atoms with Crippen molar-refractivity contribution in [3.8, 4) is 44.5 Å². The number of hydrogen-bond donors (Lipinski definition) is 0. The van der Waals surface area contributed by atoms with Gasteiger partial charge in [0.2, 0.25) is 0 Å². The van der Waals surface area contributed by atoms with Gasteiger partial charge in [-0.25, -0.2) is 0 Å². The summed E-state index contributed by atoms with van der Waals surface area (Å²) in [7, 11) is 0. The van der Waals surface area contributed by atoms with Crippen LogP contribution in [-0.2, 0) is 21.7 Å². The number of rotatable bonds is 2. The molecule has 6 aromatic carbocycles. The maximum atomic E-state index is 14.5. The Bertz CT molecular complexity index is 2370. The lowest BCUT2D eigenvalue weighted by molar-refractivity contribution is 0.103. The fourth-order valence-electron chi connectivity index (χ4n) is 10.8. The molecule has 4 aliphatic carbocycles. The number of fused-ring (bicyclic) bond motifs is 14. The molecule has 50 heavy (non-hydrogen) atoms. The van der Waals surface area contributed by atoms with Gasteiger partial charge < -0.3 is 0 Å². The smallest absolute Gasteiger partial charge is 0.193 e. The van der Waals surface area contributed by atoms with E-state index in [0.717, 1.165) is 11.1 Å². The van der Waals surface area contributed by atoms with Crippen LogP contribution in [0.25, 0.3) is 44.5 Å². The van der Waals surface area contributed by atoms with E-state index in [0.29, 0.717) is 0 Å². The molecule has 0 amide bonds. The molecule has 1 heteroatoms. The fourth-order valence-corrected chi connectivity index (χ4v) is 10.8. The lowest BCUT2D eigenvalue weighted by Gasteiger charge is -2.31. The molecule has 0 saturated heterocycles. The SMILES string of the molecule is CC1(C)c2ccccc2-c2ccc3c(c21)C(C)(C)c1cc(C(=O)c2ccc4c(c2)C(C)(C)c2c-4ccc4c2C(C)(C)c2ccccc2-4)ccc1-3. The second kappa shape index (κ2) is 9.20. The van der Waals surface area contributed by atoms with E-state index >= 15 is 0 Å². The van der Waals surface area contributed by atoms with Crippen molar-refractivity contribution < 1.29 is 4.79 Å². The van der Waals surface area contributed by atoms with E-state index in [9.17, 15) is 4.79 Å². The summed E-state index contributed by atoms with van der Waals surface area (Å²) in [5.74, 6) is 0.0880. The molecule has 244 valence electrons. The number of carbonyl (C=O) groups excluding carboxylic acids is 1. The maximum absolute atomic E-state index is 14.5. The number of carbonyl (C=O) groups is 1. The quantitative estimate of drug-likeness (QED) is 0.171. The van der Waals surface area contributed by atoms with Crippen molar-refractivity contribution in [1.82, 2.24) is 0 Å². The molecule has 0 fully saturated rings. The van der Waals surface area contributed by atoms with E-state index in [-0.39, 0.29) is 27.4 Å². The predicted molar refractivity (Wildman–Crippen MR) is 207 cm³/mol. The van der Waals surface area contributed by atoms with Crippen LogP contribution in [0.15, 0.2) is 109 Å². The molecule has 0 unspecified atom stereocenters. The second-order valence-electron chi connectivity index (χ2n) is 17.3. The molecule has 0 aliphatic heterocycles. The molecule has 0 radical (unpaired) electrons. The molecule has 0 atom stereocenters. The van der Waals surface area contributed by atoms with E-state index in [1.54, 1.807) is 0 Å². The Morgan fingerprint density at radius 1 is 0.340 bits per heavy atom. The van der Waals surface area contributed by atoms with Crippen LogP contribution in [-0.4, -0.2) is 5.78 Å². The highest BCUT2D eigenvalue weighted by atomic mass is 16.1. The van der Waals surface area contributed by atoms with Gasteiger partial charge in [0.1, 0.15) is 0 Å². The minimum Gasteiger partial charge on any atom is -0.289 e. The van der Waals surface area contributed by atoms with Crippen LogP contribution in [0.4, 0.5) is 0 Å². The van der Waals surface area contributed by atoms with Crippen LogP contribution < -0.4 is 0 Å². The Hall–Kier alpha value is -5.01. The van der Waals surface area contributed by atoms with Crippen LogP contribution in [0, 0.1) is 0 Å². The number of hydrogen-bond acceptors (Lipinski definition) is 1. The number of benzene rings is 6. The third kappa shape index (κ3) is 3.41. The molecule has 0 N–H and O–H groups in total. The third-order valence-corrected chi connectivity index (χ3v) is 13.2. The van der Waals surface area contributed by atoms with Crippen molar-refractivity contribution >= 4 is 5.78 Å². The first kappa shape index (κ1) is 29.9. The van der Waals surface area contributed by atoms with Crippen LogP contribution in [0.2, 0.25) is 0 Å². The Labute approximate surface area is 296 Å². The highest BCUT2D eigenvalue weighted by Gasteiger charge is 2.47.